The number of hydrogen-bond acceptors (Lipinski definition) is 4. The fourth-order valence-corrected chi connectivity index (χ4v) is 3.82. The van der Waals surface area contributed by atoms with Gasteiger partial charge in [-0.2, -0.15) is 0 Å². The van der Waals surface area contributed by atoms with Crippen LogP contribution in [0.5, 0.6) is 0 Å². The van der Waals surface area contributed by atoms with Crippen molar-refractivity contribution in [3.8, 4) is 0 Å². The number of benzene rings is 1. The second kappa shape index (κ2) is 7.34. The lowest BCUT2D eigenvalue weighted by Gasteiger charge is -2.26. The molecule has 0 spiro atoms. The monoisotopic (exact) mass is 341 g/mol. The Hall–Kier alpha value is -1.88. The number of carbonyl (C=O) groups is 1. The van der Waals surface area contributed by atoms with Crippen molar-refractivity contribution in [1.82, 2.24) is 15.3 Å². The van der Waals surface area contributed by atoms with E-state index >= 15 is 0 Å². The Balaban J connectivity index is 1.61. The van der Waals surface area contributed by atoms with Crippen LogP contribution in [-0.2, 0) is 11.2 Å². The van der Waals surface area contributed by atoms with Crippen LogP contribution >= 0.6 is 11.8 Å². The molecule has 0 saturated carbocycles. The normalized spacial score (nSPS) is 16.5. The van der Waals surface area contributed by atoms with Crippen molar-refractivity contribution in [3.05, 3.63) is 52.3 Å². The summed E-state index contributed by atoms with van der Waals surface area (Å²) in [6, 6.07) is 8.53. The molecule has 1 aromatic heterocycles. The molecular weight excluding hydrogens is 318 g/mol. The van der Waals surface area contributed by atoms with Gasteiger partial charge < -0.3 is 5.32 Å². The molecule has 1 aliphatic rings. The van der Waals surface area contributed by atoms with Crippen LogP contribution in [0.3, 0.4) is 0 Å². The second-order valence-electron chi connectivity index (χ2n) is 6.30. The van der Waals surface area contributed by atoms with Gasteiger partial charge in [0.05, 0.1) is 11.8 Å². The standard InChI is InChI=1S/C19H23N3OS/c1-12-13(2)20-19(21-14(12)3)24-11-18(23)22-17-10-6-8-15-7-4-5-9-16(15)17/h4-5,7,9,17H,6,8,10-11H2,1-3H3,(H,22,23)/t17-/m1/s1. The quantitative estimate of drug-likeness (QED) is 0.681. The number of carbonyl (C=O) groups excluding carboxylic acids is 1. The molecule has 1 aliphatic carbocycles. The van der Waals surface area contributed by atoms with Crippen LogP contribution in [0.15, 0.2) is 29.4 Å². The van der Waals surface area contributed by atoms with Gasteiger partial charge in [0.1, 0.15) is 0 Å². The van der Waals surface area contributed by atoms with Gasteiger partial charge in [0, 0.05) is 11.4 Å². The van der Waals surface area contributed by atoms with Crippen LogP contribution in [0, 0.1) is 20.8 Å². The lowest BCUT2D eigenvalue weighted by Crippen LogP contribution is -2.32. The third-order valence-corrected chi connectivity index (χ3v) is 5.50. The molecule has 0 saturated heterocycles. The number of aromatic nitrogens is 2. The molecule has 0 fully saturated rings. The maximum absolute atomic E-state index is 12.3. The number of aryl methyl sites for hydroxylation is 3. The van der Waals surface area contributed by atoms with Crippen molar-refractivity contribution in [2.45, 2.75) is 51.2 Å². The van der Waals surface area contributed by atoms with Crippen LogP contribution in [0.1, 0.15) is 47.0 Å². The summed E-state index contributed by atoms with van der Waals surface area (Å²) >= 11 is 1.40. The Morgan fingerprint density at radius 1 is 1.21 bits per heavy atom. The Morgan fingerprint density at radius 3 is 2.67 bits per heavy atom. The number of thioether (sulfide) groups is 1. The summed E-state index contributed by atoms with van der Waals surface area (Å²) in [4.78, 5) is 21.3. The first kappa shape index (κ1) is 17.0. The molecule has 0 unspecified atom stereocenters. The van der Waals surface area contributed by atoms with Gasteiger partial charge in [-0.05, 0) is 56.7 Å². The number of amides is 1. The van der Waals surface area contributed by atoms with Gasteiger partial charge in [0.2, 0.25) is 5.91 Å². The third-order valence-electron chi connectivity index (χ3n) is 4.65. The zero-order chi connectivity index (χ0) is 17.1. The molecule has 1 aromatic carbocycles. The highest BCUT2D eigenvalue weighted by molar-refractivity contribution is 7.99. The number of rotatable bonds is 4. The smallest absolute Gasteiger partial charge is 0.230 e. The van der Waals surface area contributed by atoms with Crippen LogP contribution in [0.4, 0.5) is 0 Å². The van der Waals surface area contributed by atoms with Gasteiger partial charge in [-0.1, -0.05) is 36.0 Å². The molecule has 1 N–H and O–H groups in total. The summed E-state index contributed by atoms with van der Waals surface area (Å²) in [6.07, 6.45) is 3.23. The molecule has 1 amide bonds. The molecule has 2 aromatic rings. The Kier molecular flexibility index (Phi) is 5.19. The zero-order valence-electron chi connectivity index (χ0n) is 14.4. The summed E-state index contributed by atoms with van der Waals surface area (Å²) in [6.45, 7) is 5.98. The van der Waals surface area contributed by atoms with Crippen molar-refractivity contribution in [2.24, 2.45) is 0 Å². The van der Waals surface area contributed by atoms with Crippen molar-refractivity contribution >= 4 is 17.7 Å². The third kappa shape index (κ3) is 3.78. The van der Waals surface area contributed by atoms with Crippen molar-refractivity contribution in [2.75, 3.05) is 5.75 Å². The van der Waals surface area contributed by atoms with E-state index < -0.39 is 0 Å². The first-order chi connectivity index (χ1) is 11.5. The molecule has 0 aliphatic heterocycles. The maximum Gasteiger partial charge on any atom is 0.230 e. The minimum atomic E-state index is 0.0428. The summed E-state index contributed by atoms with van der Waals surface area (Å²) in [7, 11) is 0. The van der Waals surface area contributed by atoms with E-state index in [1.54, 1.807) is 0 Å². The number of nitrogens with zero attached hydrogens (tertiary/aromatic N) is 2. The lowest BCUT2D eigenvalue weighted by molar-refractivity contribution is -0.119. The Morgan fingerprint density at radius 2 is 1.92 bits per heavy atom. The van der Waals surface area contributed by atoms with Crippen molar-refractivity contribution in [3.63, 3.8) is 0 Å². The topological polar surface area (TPSA) is 54.9 Å². The molecule has 3 rings (SSSR count). The van der Waals surface area contributed by atoms with E-state index in [-0.39, 0.29) is 11.9 Å². The van der Waals surface area contributed by atoms with Gasteiger partial charge in [-0.15, -0.1) is 0 Å². The van der Waals surface area contributed by atoms with E-state index in [9.17, 15) is 4.79 Å². The fraction of sp³-hybridized carbons (Fsp3) is 0.421. The minimum Gasteiger partial charge on any atom is -0.349 e. The van der Waals surface area contributed by atoms with Crippen LogP contribution < -0.4 is 5.32 Å². The number of hydrogen-bond donors (Lipinski definition) is 1. The Labute approximate surface area is 147 Å². The van der Waals surface area contributed by atoms with Gasteiger partial charge in [0.15, 0.2) is 5.16 Å². The maximum atomic E-state index is 12.3. The zero-order valence-corrected chi connectivity index (χ0v) is 15.2. The molecule has 0 radical (unpaired) electrons. The predicted octanol–water partition coefficient (Wildman–Crippen LogP) is 3.69. The van der Waals surface area contributed by atoms with E-state index in [0.717, 1.165) is 36.2 Å². The SMILES string of the molecule is Cc1nc(SCC(=O)N[C@@H]2CCCc3ccccc32)nc(C)c1C. The van der Waals surface area contributed by atoms with E-state index in [1.165, 1.54) is 22.9 Å². The molecule has 5 heteroatoms. The van der Waals surface area contributed by atoms with Gasteiger partial charge >= 0.3 is 0 Å². The molecule has 1 atom stereocenters. The predicted molar refractivity (Wildman–Crippen MR) is 97.2 cm³/mol. The van der Waals surface area contributed by atoms with Crippen LogP contribution in [-0.4, -0.2) is 21.6 Å². The van der Waals surface area contributed by atoms with Crippen molar-refractivity contribution in [1.29, 1.82) is 0 Å². The van der Waals surface area contributed by atoms with Crippen LogP contribution in [0.2, 0.25) is 0 Å². The minimum absolute atomic E-state index is 0.0428. The average Bonchev–Trinajstić information content (AvgIpc) is 2.58. The van der Waals surface area contributed by atoms with Crippen LogP contribution in [0.25, 0.3) is 0 Å². The van der Waals surface area contributed by atoms with E-state index in [4.69, 9.17) is 0 Å². The Bertz CT molecular complexity index is 737. The van der Waals surface area contributed by atoms with Crippen molar-refractivity contribution < 1.29 is 4.79 Å². The molecule has 0 bridgehead atoms. The van der Waals surface area contributed by atoms with Gasteiger partial charge in [0.25, 0.3) is 0 Å². The summed E-state index contributed by atoms with van der Waals surface area (Å²) in [5, 5.41) is 3.85. The fourth-order valence-electron chi connectivity index (χ4n) is 3.08. The highest BCUT2D eigenvalue weighted by atomic mass is 32.2. The average molecular weight is 341 g/mol. The summed E-state index contributed by atoms with van der Waals surface area (Å²) in [5.74, 6) is 0.391. The highest BCUT2D eigenvalue weighted by Gasteiger charge is 2.21. The van der Waals surface area contributed by atoms with E-state index in [0.29, 0.717) is 10.9 Å². The first-order valence-corrected chi connectivity index (χ1v) is 9.35. The summed E-state index contributed by atoms with van der Waals surface area (Å²) < 4.78 is 0. The lowest BCUT2D eigenvalue weighted by atomic mass is 9.88. The molecule has 1 heterocycles. The molecule has 4 nitrogen and oxygen atoms in total. The van der Waals surface area contributed by atoms with Gasteiger partial charge in [-0.25, -0.2) is 9.97 Å². The molecular formula is C19H23N3OS. The largest absolute Gasteiger partial charge is 0.349 e. The molecule has 126 valence electrons. The second-order valence-corrected chi connectivity index (χ2v) is 7.24. The number of fused-ring (bicyclic) bond motifs is 1. The van der Waals surface area contributed by atoms with E-state index in [2.05, 4.69) is 33.5 Å². The van der Waals surface area contributed by atoms with E-state index in [1.807, 2.05) is 26.8 Å². The summed E-state index contributed by atoms with van der Waals surface area (Å²) in [5.41, 5.74) is 5.69. The first-order valence-electron chi connectivity index (χ1n) is 8.36. The number of nitrogens with one attached hydrogen (secondary N) is 1. The highest BCUT2D eigenvalue weighted by Crippen LogP contribution is 2.29. The van der Waals surface area contributed by atoms with Gasteiger partial charge in [-0.3, -0.25) is 4.79 Å². The molecule has 24 heavy (non-hydrogen) atoms.